The van der Waals surface area contributed by atoms with Gasteiger partial charge in [-0.25, -0.2) is 0 Å². The average Bonchev–Trinajstić information content (AvgIpc) is 2.68. The fourth-order valence-corrected chi connectivity index (χ4v) is 3.62. The summed E-state index contributed by atoms with van der Waals surface area (Å²) in [7, 11) is 0. The van der Waals surface area contributed by atoms with Crippen molar-refractivity contribution in [1.29, 1.82) is 0 Å². The second-order valence-corrected chi connectivity index (χ2v) is 7.63. The Bertz CT molecular complexity index is 1250. The highest BCUT2D eigenvalue weighted by atomic mass is 16.5. The van der Waals surface area contributed by atoms with Crippen LogP contribution in [0.15, 0.2) is 69.9 Å². The Labute approximate surface area is 170 Å². The maximum Gasteiger partial charge on any atom is 0.235 e. The molecule has 1 heterocycles. The molecule has 0 saturated carbocycles. The quantitative estimate of drug-likeness (QED) is 0.416. The minimum Gasteiger partial charge on any atom is -0.481 e. The molecule has 0 fully saturated rings. The van der Waals surface area contributed by atoms with Crippen molar-refractivity contribution in [3.8, 4) is 17.1 Å². The van der Waals surface area contributed by atoms with E-state index in [4.69, 9.17) is 9.15 Å². The first-order chi connectivity index (χ1) is 13.9. The number of hydrogen-bond acceptors (Lipinski definition) is 3. The van der Waals surface area contributed by atoms with Crippen LogP contribution in [-0.2, 0) is 6.61 Å². The summed E-state index contributed by atoms with van der Waals surface area (Å²) < 4.78 is 12.4. The molecule has 0 bridgehead atoms. The normalized spacial score (nSPS) is 11.0. The lowest BCUT2D eigenvalue weighted by Gasteiger charge is -2.14. The van der Waals surface area contributed by atoms with Crippen LogP contribution in [0.5, 0.6) is 5.75 Å². The largest absolute Gasteiger partial charge is 0.481 e. The van der Waals surface area contributed by atoms with Crippen molar-refractivity contribution in [1.82, 2.24) is 0 Å². The molecule has 3 heteroatoms. The zero-order valence-electron chi connectivity index (χ0n) is 17.2. The van der Waals surface area contributed by atoms with Crippen molar-refractivity contribution in [3.63, 3.8) is 0 Å². The molecule has 3 aromatic carbocycles. The van der Waals surface area contributed by atoms with Crippen molar-refractivity contribution >= 4 is 11.0 Å². The van der Waals surface area contributed by atoms with E-state index >= 15 is 0 Å². The number of ether oxygens (including phenoxy) is 1. The van der Waals surface area contributed by atoms with E-state index in [9.17, 15) is 4.79 Å². The molecule has 0 aliphatic heterocycles. The number of rotatable bonds is 4. The first kappa shape index (κ1) is 19.0. The predicted octanol–water partition coefficient (Wildman–Crippen LogP) is 6.27. The molecule has 0 radical (unpaired) electrons. The van der Waals surface area contributed by atoms with Crippen LogP contribution in [-0.4, -0.2) is 0 Å². The van der Waals surface area contributed by atoms with Crippen LogP contribution in [0, 0.1) is 27.7 Å². The van der Waals surface area contributed by atoms with Gasteiger partial charge in [-0.1, -0.05) is 60.2 Å². The topological polar surface area (TPSA) is 39.4 Å². The molecular weight excluding hydrogens is 360 g/mol. The van der Waals surface area contributed by atoms with Gasteiger partial charge in [-0.15, -0.1) is 0 Å². The summed E-state index contributed by atoms with van der Waals surface area (Å²) in [4.78, 5) is 13.4. The van der Waals surface area contributed by atoms with Gasteiger partial charge in [-0.2, -0.15) is 0 Å². The summed E-state index contributed by atoms with van der Waals surface area (Å²) >= 11 is 0. The fraction of sp³-hybridized carbons (Fsp3) is 0.192. The third kappa shape index (κ3) is 3.68. The van der Waals surface area contributed by atoms with Crippen LogP contribution >= 0.6 is 0 Å². The van der Waals surface area contributed by atoms with Gasteiger partial charge in [0.2, 0.25) is 11.2 Å². The molecule has 0 aliphatic rings. The zero-order chi connectivity index (χ0) is 20.5. The Morgan fingerprint density at radius 2 is 1.55 bits per heavy atom. The average molecular weight is 384 g/mol. The van der Waals surface area contributed by atoms with Gasteiger partial charge >= 0.3 is 0 Å². The van der Waals surface area contributed by atoms with Gasteiger partial charge in [0.25, 0.3) is 0 Å². The molecule has 0 atom stereocenters. The summed E-state index contributed by atoms with van der Waals surface area (Å²) in [6.07, 6.45) is 0. The van der Waals surface area contributed by atoms with Gasteiger partial charge in [-0.3, -0.25) is 4.79 Å². The van der Waals surface area contributed by atoms with Gasteiger partial charge in [0.15, 0.2) is 5.76 Å². The van der Waals surface area contributed by atoms with Gasteiger partial charge in [0.05, 0.1) is 5.39 Å². The van der Waals surface area contributed by atoms with Crippen LogP contribution in [0.2, 0.25) is 0 Å². The molecule has 29 heavy (non-hydrogen) atoms. The van der Waals surface area contributed by atoms with E-state index < -0.39 is 0 Å². The zero-order valence-corrected chi connectivity index (χ0v) is 17.2. The van der Waals surface area contributed by atoms with Crippen LogP contribution < -0.4 is 10.2 Å². The van der Waals surface area contributed by atoms with Crippen molar-refractivity contribution in [2.75, 3.05) is 0 Å². The van der Waals surface area contributed by atoms with Crippen molar-refractivity contribution < 1.29 is 9.15 Å². The molecule has 3 nitrogen and oxygen atoms in total. The van der Waals surface area contributed by atoms with E-state index in [1.165, 1.54) is 0 Å². The Morgan fingerprint density at radius 1 is 0.828 bits per heavy atom. The number of aryl methyl sites for hydroxylation is 4. The van der Waals surface area contributed by atoms with Crippen LogP contribution in [0.4, 0.5) is 0 Å². The molecule has 4 aromatic rings. The van der Waals surface area contributed by atoms with Crippen LogP contribution in [0.3, 0.4) is 0 Å². The summed E-state index contributed by atoms with van der Waals surface area (Å²) in [5.41, 5.74) is 6.55. The van der Waals surface area contributed by atoms with Gasteiger partial charge in [0, 0.05) is 5.56 Å². The Hall–Kier alpha value is -3.33. The second-order valence-electron chi connectivity index (χ2n) is 7.63. The molecule has 0 spiro atoms. The lowest BCUT2D eigenvalue weighted by atomic mass is 10.0. The molecule has 1 aromatic heterocycles. The molecule has 0 amide bonds. The third-order valence-electron chi connectivity index (χ3n) is 5.24. The Balaban J connectivity index is 1.91. The maximum absolute atomic E-state index is 13.4. The van der Waals surface area contributed by atoms with E-state index in [0.717, 1.165) is 33.4 Å². The molecule has 0 saturated heterocycles. The molecular formula is C26H24O3. The summed E-state index contributed by atoms with van der Waals surface area (Å²) in [6, 6.07) is 19.9. The predicted molar refractivity (Wildman–Crippen MR) is 118 cm³/mol. The highest BCUT2D eigenvalue weighted by molar-refractivity contribution is 5.85. The summed E-state index contributed by atoms with van der Waals surface area (Å²) in [5, 5.41) is 0.575. The fourth-order valence-electron chi connectivity index (χ4n) is 3.62. The van der Waals surface area contributed by atoms with Crippen molar-refractivity contribution in [2.45, 2.75) is 34.3 Å². The van der Waals surface area contributed by atoms with E-state index in [-0.39, 0.29) is 11.2 Å². The van der Waals surface area contributed by atoms with Gasteiger partial charge in [0.1, 0.15) is 12.2 Å². The SMILES string of the molecule is Cc1ccc(-c2oc3cc(C)cc(C)c3c(=O)c2OCc2ccccc2C)cc1. The standard InChI is InChI=1S/C26H24O3/c1-16-9-11-20(12-10-16)25-26(28-15-21-8-6-5-7-18(21)3)24(27)23-19(4)13-17(2)14-22(23)29-25/h5-14H,15H2,1-4H3. The summed E-state index contributed by atoms with van der Waals surface area (Å²) in [5.74, 6) is 0.734. The third-order valence-corrected chi connectivity index (χ3v) is 5.24. The van der Waals surface area contributed by atoms with Crippen LogP contribution in [0.1, 0.15) is 27.8 Å². The van der Waals surface area contributed by atoms with Crippen molar-refractivity contribution in [3.05, 3.63) is 98.7 Å². The van der Waals surface area contributed by atoms with Gasteiger partial charge in [-0.05, 0) is 56.0 Å². The minimum atomic E-state index is -0.132. The smallest absolute Gasteiger partial charge is 0.235 e. The number of fused-ring (bicyclic) bond motifs is 1. The number of hydrogen-bond donors (Lipinski definition) is 0. The van der Waals surface area contributed by atoms with E-state index in [2.05, 4.69) is 0 Å². The second kappa shape index (κ2) is 7.59. The lowest BCUT2D eigenvalue weighted by Crippen LogP contribution is -2.12. The van der Waals surface area contributed by atoms with E-state index in [0.29, 0.717) is 23.3 Å². The molecule has 0 aliphatic carbocycles. The Morgan fingerprint density at radius 3 is 2.28 bits per heavy atom. The highest BCUT2D eigenvalue weighted by Gasteiger charge is 2.19. The highest BCUT2D eigenvalue weighted by Crippen LogP contribution is 2.33. The molecule has 0 unspecified atom stereocenters. The molecule has 146 valence electrons. The van der Waals surface area contributed by atoms with E-state index in [1.807, 2.05) is 88.4 Å². The Kier molecular flexibility index (Phi) is 4.98. The van der Waals surface area contributed by atoms with Gasteiger partial charge < -0.3 is 9.15 Å². The molecule has 0 N–H and O–H groups in total. The van der Waals surface area contributed by atoms with E-state index in [1.54, 1.807) is 0 Å². The van der Waals surface area contributed by atoms with Crippen LogP contribution in [0.25, 0.3) is 22.3 Å². The maximum atomic E-state index is 13.4. The molecule has 4 rings (SSSR count). The van der Waals surface area contributed by atoms with Crippen molar-refractivity contribution in [2.24, 2.45) is 0 Å². The first-order valence-electron chi connectivity index (χ1n) is 9.76. The number of benzene rings is 3. The lowest BCUT2D eigenvalue weighted by molar-refractivity contribution is 0.297. The monoisotopic (exact) mass is 384 g/mol. The summed E-state index contributed by atoms with van der Waals surface area (Å²) in [6.45, 7) is 8.31. The minimum absolute atomic E-state index is 0.132. The first-order valence-corrected chi connectivity index (χ1v) is 9.76.